The fraction of sp³-hybridized carbons (Fsp3) is 0.0385. The summed E-state index contributed by atoms with van der Waals surface area (Å²) in [7, 11) is 0. The van der Waals surface area contributed by atoms with Crippen molar-refractivity contribution in [3.8, 4) is 0 Å². The second-order valence-electron chi connectivity index (χ2n) is 7.19. The Labute approximate surface area is 200 Å². The Morgan fingerprint density at radius 2 is 1.64 bits per heavy atom. The highest BCUT2D eigenvalue weighted by atomic mass is 35.5. The number of amides is 2. The lowest BCUT2D eigenvalue weighted by Crippen LogP contribution is -2.18. The van der Waals surface area contributed by atoms with Crippen LogP contribution in [-0.4, -0.2) is 17.5 Å². The Hall–Kier alpha value is -3.74. The van der Waals surface area contributed by atoms with Crippen LogP contribution >= 0.6 is 22.9 Å². The molecule has 0 aliphatic rings. The molecule has 1 aromatic heterocycles. The van der Waals surface area contributed by atoms with Crippen LogP contribution in [0.4, 0.5) is 5.69 Å². The number of anilines is 1. The number of rotatable bonds is 6. The Bertz CT molecular complexity index is 1360. The van der Waals surface area contributed by atoms with Gasteiger partial charge in [0.1, 0.15) is 4.88 Å². The maximum absolute atomic E-state index is 12.6. The van der Waals surface area contributed by atoms with Gasteiger partial charge in [0, 0.05) is 21.8 Å². The Balaban J connectivity index is 1.37. The van der Waals surface area contributed by atoms with Crippen molar-refractivity contribution in [2.45, 2.75) is 6.92 Å². The first kappa shape index (κ1) is 22.5. The largest absolute Gasteiger partial charge is 0.323 e. The zero-order valence-corrected chi connectivity index (χ0v) is 19.3. The van der Waals surface area contributed by atoms with Crippen LogP contribution in [0.1, 0.15) is 27.7 Å². The molecule has 0 radical (unpaired) electrons. The molecule has 1 heterocycles. The second kappa shape index (κ2) is 10.3. The quantitative estimate of drug-likeness (QED) is 0.194. The van der Waals surface area contributed by atoms with Gasteiger partial charge in [-0.15, -0.1) is 11.3 Å². The van der Waals surface area contributed by atoms with Crippen LogP contribution in [0.2, 0.25) is 5.02 Å². The summed E-state index contributed by atoms with van der Waals surface area (Å²) in [6.07, 6.45) is 3.25. The molecule has 4 aromatic rings. The molecule has 164 valence electrons. The van der Waals surface area contributed by atoms with Gasteiger partial charge in [-0.05, 0) is 42.3 Å². The molecule has 2 N–H and O–H groups in total. The third-order valence-corrected chi connectivity index (χ3v) is 6.54. The standard InChI is InChI=1S/C26H20ClN3O2S/c1-17(29-30-26(32)25-24(27)21-9-5-6-10-22(21)33-25)19-12-14-20(15-13-19)28-23(31)16-11-18-7-3-2-4-8-18/h2-16H,1H3,(H,28,31)(H,30,32)/b16-11+,29-17-. The molecule has 2 amide bonds. The van der Waals surface area contributed by atoms with E-state index in [4.69, 9.17) is 11.6 Å². The van der Waals surface area contributed by atoms with E-state index in [1.807, 2.05) is 66.7 Å². The maximum Gasteiger partial charge on any atom is 0.283 e. The molecular formula is C26H20ClN3O2S. The van der Waals surface area contributed by atoms with Gasteiger partial charge < -0.3 is 5.32 Å². The molecule has 0 saturated carbocycles. The normalized spacial score (nSPS) is 11.6. The van der Waals surface area contributed by atoms with Crippen molar-refractivity contribution < 1.29 is 9.59 Å². The van der Waals surface area contributed by atoms with E-state index in [1.54, 1.807) is 25.1 Å². The van der Waals surface area contributed by atoms with Crippen LogP contribution in [-0.2, 0) is 4.79 Å². The van der Waals surface area contributed by atoms with Crippen molar-refractivity contribution in [1.29, 1.82) is 0 Å². The monoisotopic (exact) mass is 473 g/mol. The highest BCUT2D eigenvalue weighted by Gasteiger charge is 2.16. The number of halogens is 1. The summed E-state index contributed by atoms with van der Waals surface area (Å²) in [5.41, 5.74) is 5.63. The number of nitrogens with zero attached hydrogens (tertiary/aromatic N) is 1. The maximum atomic E-state index is 12.6. The lowest BCUT2D eigenvalue weighted by molar-refractivity contribution is -0.111. The van der Waals surface area contributed by atoms with Crippen molar-refractivity contribution in [3.63, 3.8) is 0 Å². The molecular weight excluding hydrogens is 454 g/mol. The van der Waals surface area contributed by atoms with Gasteiger partial charge in [-0.25, -0.2) is 5.43 Å². The average Bonchev–Trinajstić information content (AvgIpc) is 3.19. The lowest BCUT2D eigenvalue weighted by Gasteiger charge is -2.05. The third-order valence-electron chi connectivity index (χ3n) is 4.86. The van der Waals surface area contributed by atoms with Crippen LogP contribution in [0, 0.1) is 0 Å². The number of hydrogen-bond donors (Lipinski definition) is 2. The van der Waals surface area contributed by atoms with Crippen molar-refractivity contribution in [1.82, 2.24) is 5.43 Å². The molecule has 0 bridgehead atoms. The van der Waals surface area contributed by atoms with Crippen molar-refractivity contribution in [3.05, 3.63) is 106 Å². The zero-order valence-electron chi connectivity index (χ0n) is 17.7. The molecule has 4 rings (SSSR count). The van der Waals surface area contributed by atoms with Gasteiger partial charge in [-0.2, -0.15) is 5.10 Å². The minimum atomic E-state index is -0.352. The first-order valence-electron chi connectivity index (χ1n) is 10.2. The molecule has 33 heavy (non-hydrogen) atoms. The number of hydrazone groups is 1. The fourth-order valence-corrected chi connectivity index (χ4v) is 4.53. The number of nitrogens with one attached hydrogen (secondary N) is 2. The second-order valence-corrected chi connectivity index (χ2v) is 8.62. The average molecular weight is 474 g/mol. The summed E-state index contributed by atoms with van der Waals surface area (Å²) in [6.45, 7) is 1.79. The number of hydrogen-bond acceptors (Lipinski definition) is 4. The number of benzene rings is 3. The first-order valence-corrected chi connectivity index (χ1v) is 11.4. The fourth-order valence-electron chi connectivity index (χ4n) is 3.12. The van der Waals surface area contributed by atoms with Crippen molar-refractivity contribution in [2.24, 2.45) is 5.10 Å². The molecule has 7 heteroatoms. The lowest BCUT2D eigenvalue weighted by atomic mass is 10.1. The van der Waals surface area contributed by atoms with Crippen LogP contribution in [0.5, 0.6) is 0 Å². The summed E-state index contributed by atoms with van der Waals surface area (Å²) >= 11 is 7.69. The van der Waals surface area contributed by atoms with Crippen molar-refractivity contribution in [2.75, 3.05) is 5.32 Å². The predicted octanol–water partition coefficient (Wildman–Crippen LogP) is 6.36. The highest BCUT2D eigenvalue weighted by Crippen LogP contribution is 2.34. The van der Waals surface area contributed by atoms with Crippen molar-refractivity contribution >= 4 is 62.3 Å². The van der Waals surface area contributed by atoms with Crippen LogP contribution < -0.4 is 10.7 Å². The van der Waals surface area contributed by atoms with Crippen LogP contribution in [0.25, 0.3) is 16.2 Å². The molecule has 0 aliphatic carbocycles. The van der Waals surface area contributed by atoms with E-state index in [0.29, 0.717) is 21.3 Å². The summed E-state index contributed by atoms with van der Waals surface area (Å²) in [5, 5.41) is 8.31. The molecule has 0 fully saturated rings. The minimum Gasteiger partial charge on any atom is -0.323 e. The molecule has 0 saturated heterocycles. The molecule has 0 aliphatic heterocycles. The number of carbonyl (C=O) groups excluding carboxylic acids is 2. The molecule has 0 atom stereocenters. The summed E-state index contributed by atoms with van der Waals surface area (Å²) in [6, 6.07) is 24.4. The molecule has 5 nitrogen and oxygen atoms in total. The van der Waals surface area contributed by atoms with Gasteiger partial charge in [0.25, 0.3) is 5.91 Å². The van der Waals surface area contributed by atoms with Gasteiger partial charge in [0.2, 0.25) is 5.91 Å². The highest BCUT2D eigenvalue weighted by molar-refractivity contribution is 7.21. The SMILES string of the molecule is C/C(=N/NC(=O)c1sc2ccccc2c1Cl)c1ccc(NC(=O)/C=C/c2ccccc2)cc1. The van der Waals surface area contributed by atoms with E-state index in [9.17, 15) is 9.59 Å². The van der Waals surface area contributed by atoms with E-state index >= 15 is 0 Å². The van der Waals surface area contributed by atoms with E-state index in [1.165, 1.54) is 17.4 Å². The van der Waals surface area contributed by atoms with Gasteiger partial charge in [-0.3, -0.25) is 9.59 Å². The van der Waals surface area contributed by atoms with Gasteiger partial charge >= 0.3 is 0 Å². The van der Waals surface area contributed by atoms with Gasteiger partial charge in [0.05, 0.1) is 10.7 Å². The Morgan fingerprint density at radius 3 is 2.36 bits per heavy atom. The van der Waals surface area contributed by atoms with Gasteiger partial charge in [-0.1, -0.05) is 72.3 Å². The smallest absolute Gasteiger partial charge is 0.283 e. The first-order chi connectivity index (χ1) is 16.0. The van der Waals surface area contributed by atoms with E-state index in [2.05, 4.69) is 15.8 Å². The number of thiophene rings is 1. The summed E-state index contributed by atoms with van der Waals surface area (Å²) in [4.78, 5) is 25.1. The van der Waals surface area contributed by atoms with E-state index in [-0.39, 0.29) is 11.8 Å². The zero-order chi connectivity index (χ0) is 23.2. The molecule has 0 spiro atoms. The summed E-state index contributed by atoms with van der Waals surface area (Å²) in [5.74, 6) is -0.570. The third kappa shape index (κ3) is 5.55. The Kier molecular flexibility index (Phi) is 6.98. The van der Waals surface area contributed by atoms with Crippen LogP contribution in [0.15, 0.2) is 90.0 Å². The van der Waals surface area contributed by atoms with Gasteiger partial charge in [0.15, 0.2) is 0 Å². The number of carbonyl (C=O) groups is 2. The summed E-state index contributed by atoms with van der Waals surface area (Å²) < 4.78 is 0.949. The Morgan fingerprint density at radius 1 is 0.939 bits per heavy atom. The minimum absolute atomic E-state index is 0.218. The van der Waals surface area contributed by atoms with E-state index < -0.39 is 0 Å². The van der Waals surface area contributed by atoms with E-state index in [0.717, 1.165) is 21.2 Å². The van der Waals surface area contributed by atoms with Crippen LogP contribution in [0.3, 0.4) is 0 Å². The topological polar surface area (TPSA) is 70.6 Å². The predicted molar refractivity (Wildman–Crippen MR) is 137 cm³/mol. The number of fused-ring (bicyclic) bond motifs is 1. The molecule has 3 aromatic carbocycles. The molecule has 0 unspecified atom stereocenters.